The van der Waals surface area contributed by atoms with Crippen LogP contribution in [0.1, 0.15) is 30.6 Å². The Hall–Kier alpha value is -1.27. The van der Waals surface area contributed by atoms with Crippen molar-refractivity contribution in [2.45, 2.75) is 37.8 Å². The zero-order valence-corrected chi connectivity index (χ0v) is 11.8. The first-order valence-corrected chi connectivity index (χ1v) is 7.21. The van der Waals surface area contributed by atoms with Gasteiger partial charge in [0.1, 0.15) is 0 Å². The maximum atomic E-state index is 11.8. The maximum absolute atomic E-state index is 11.8. The van der Waals surface area contributed by atoms with E-state index < -0.39 is 11.5 Å². The fourth-order valence-corrected chi connectivity index (χ4v) is 3.17. The molecule has 104 valence electrons. The van der Waals surface area contributed by atoms with E-state index in [1.807, 2.05) is 6.07 Å². The van der Waals surface area contributed by atoms with Gasteiger partial charge in [0.2, 0.25) is 0 Å². The number of thiophene rings is 1. The minimum atomic E-state index is -0.884. The second-order valence-corrected chi connectivity index (χ2v) is 6.52. The number of hydrogen-bond donors (Lipinski definition) is 3. The van der Waals surface area contributed by atoms with E-state index in [1.54, 1.807) is 6.07 Å². The van der Waals surface area contributed by atoms with Gasteiger partial charge in [-0.2, -0.15) is 0 Å². The Bertz CT molecular complexity index is 485. The first kappa shape index (κ1) is 14.1. The minimum absolute atomic E-state index is 0.0226. The molecule has 2 amide bonds. The second kappa shape index (κ2) is 5.79. The Morgan fingerprint density at radius 1 is 1.42 bits per heavy atom. The third-order valence-corrected chi connectivity index (χ3v) is 4.46. The van der Waals surface area contributed by atoms with E-state index >= 15 is 0 Å². The molecule has 7 heteroatoms. The monoisotopic (exact) mass is 302 g/mol. The molecule has 0 spiro atoms. The van der Waals surface area contributed by atoms with Gasteiger partial charge < -0.3 is 15.7 Å². The maximum Gasteiger partial charge on any atom is 0.315 e. The molecule has 5 nitrogen and oxygen atoms in total. The Balaban J connectivity index is 1.81. The van der Waals surface area contributed by atoms with Crippen molar-refractivity contribution < 1.29 is 14.7 Å². The lowest BCUT2D eigenvalue weighted by Crippen LogP contribution is -2.57. The number of carbonyl (C=O) groups excluding carboxylic acids is 1. The third-order valence-electron chi connectivity index (χ3n) is 3.23. The van der Waals surface area contributed by atoms with Crippen LogP contribution < -0.4 is 10.6 Å². The molecule has 1 aliphatic carbocycles. The summed E-state index contributed by atoms with van der Waals surface area (Å²) in [7, 11) is 0. The lowest BCUT2D eigenvalue weighted by atomic mass is 9.74. The molecule has 0 aliphatic heterocycles. The normalized spacial score (nSPS) is 16.5. The number of urea groups is 1. The van der Waals surface area contributed by atoms with Crippen LogP contribution in [0, 0.1) is 0 Å². The van der Waals surface area contributed by atoms with Crippen molar-refractivity contribution in [2.24, 2.45) is 0 Å². The molecule has 0 aromatic carbocycles. The highest BCUT2D eigenvalue weighted by Crippen LogP contribution is 2.34. The van der Waals surface area contributed by atoms with Gasteiger partial charge in [0, 0.05) is 4.88 Å². The fourth-order valence-electron chi connectivity index (χ4n) is 2.14. The highest BCUT2D eigenvalue weighted by Gasteiger charge is 2.40. The number of carboxylic acids is 1. The third kappa shape index (κ3) is 3.84. The lowest BCUT2D eigenvalue weighted by molar-refractivity contribution is -0.139. The molecule has 1 aromatic rings. The molecule has 0 saturated heterocycles. The molecule has 0 atom stereocenters. The average Bonchev–Trinajstić information content (AvgIpc) is 2.69. The molecule has 19 heavy (non-hydrogen) atoms. The Labute approximate surface area is 120 Å². The van der Waals surface area contributed by atoms with Crippen molar-refractivity contribution in [3.05, 3.63) is 21.3 Å². The highest BCUT2D eigenvalue weighted by atomic mass is 35.5. The molecule has 0 radical (unpaired) electrons. The Kier molecular flexibility index (Phi) is 4.31. The number of amides is 2. The summed E-state index contributed by atoms with van der Waals surface area (Å²) in [5.74, 6) is -0.884. The average molecular weight is 303 g/mol. The number of carbonyl (C=O) groups is 2. The van der Waals surface area contributed by atoms with Gasteiger partial charge in [0.15, 0.2) is 0 Å². The second-order valence-electron chi connectivity index (χ2n) is 4.72. The molecule has 1 fully saturated rings. The lowest BCUT2D eigenvalue weighted by Gasteiger charge is -2.41. The van der Waals surface area contributed by atoms with Crippen molar-refractivity contribution in [3.8, 4) is 0 Å². The number of aliphatic carboxylic acids is 1. The van der Waals surface area contributed by atoms with Gasteiger partial charge >= 0.3 is 12.0 Å². The van der Waals surface area contributed by atoms with Gasteiger partial charge in [-0.05, 0) is 31.4 Å². The van der Waals surface area contributed by atoms with Crippen LogP contribution in [0.2, 0.25) is 4.34 Å². The van der Waals surface area contributed by atoms with Crippen molar-refractivity contribution in [1.29, 1.82) is 0 Å². The number of halogens is 1. The zero-order valence-electron chi connectivity index (χ0n) is 10.2. The van der Waals surface area contributed by atoms with Crippen LogP contribution in [0.5, 0.6) is 0 Å². The smallest absolute Gasteiger partial charge is 0.315 e. The molecular weight excluding hydrogens is 288 g/mol. The standard InChI is InChI=1S/C12H15ClN2O3S/c13-9-3-2-8(19-9)7-14-11(18)15-12(4-1-5-12)6-10(16)17/h2-3H,1,4-7H2,(H,16,17)(H2,14,15,18). The van der Waals surface area contributed by atoms with Crippen LogP contribution in [0.4, 0.5) is 4.79 Å². The topological polar surface area (TPSA) is 78.4 Å². The summed E-state index contributed by atoms with van der Waals surface area (Å²) in [6, 6.07) is 3.30. The van der Waals surface area contributed by atoms with Gasteiger partial charge in [-0.25, -0.2) is 4.79 Å². The largest absolute Gasteiger partial charge is 0.481 e. The molecule has 0 unspecified atom stereocenters. The number of hydrogen-bond acceptors (Lipinski definition) is 3. The van der Waals surface area contributed by atoms with Gasteiger partial charge in [-0.1, -0.05) is 11.6 Å². The van der Waals surface area contributed by atoms with Crippen LogP contribution in [-0.4, -0.2) is 22.6 Å². The van der Waals surface area contributed by atoms with Crippen molar-refractivity contribution >= 4 is 34.9 Å². The van der Waals surface area contributed by atoms with E-state index in [2.05, 4.69) is 10.6 Å². The van der Waals surface area contributed by atoms with E-state index in [4.69, 9.17) is 16.7 Å². The first-order chi connectivity index (χ1) is 8.99. The van der Waals surface area contributed by atoms with E-state index in [-0.39, 0.29) is 12.5 Å². The van der Waals surface area contributed by atoms with E-state index in [0.29, 0.717) is 10.9 Å². The van der Waals surface area contributed by atoms with E-state index in [1.165, 1.54) is 11.3 Å². The Morgan fingerprint density at radius 2 is 2.16 bits per heavy atom. The van der Waals surface area contributed by atoms with E-state index in [9.17, 15) is 9.59 Å². The molecule has 1 saturated carbocycles. The minimum Gasteiger partial charge on any atom is -0.481 e. The summed E-state index contributed by atoms with van der Waals surface area (Å²) in [6.07, 6.45) is 2.37. The first-order valence-electron chi connectivity index (χ1n) is 6.01. The predicted octanol–water partition coefficient (Wildman–Crippen LogP) is 2.60. The van der Waals surface area contributed by atoms with E-state index in [0.717, 1.165) is 24.1 Å². The van der Waals surface area contributed by atoms with Gasteiger partial charge in [0.05, 0.1) is 22.8 Å². The molecule has 1 heterocycles. The number of nitrogens with one attached hydrogen (secondary N) is 2. The highest BCUT2D eigenvalue weighted by molar-refractivity contribution is 7.16. The summed E-state index contributed by atoms with van der Waals surface area (Å²) in [5, 5.41) is 14.4. The van der Waals surface area contributed by atoms with Crippen molar-refractivity contribution in [1.82, 2.24) is 10.6 Å². The summed E-state index contributed by atoms with van der Waals surface area (Å²) >= 11 is 7.20. The SMILES string of the molecule is O=C(O)CC1(NC(=O)NCc2ccc(Cl)s2)CCC1. The van der Waals surface area contributed by atoms with Gasteiger partial charge in [-0.3, -0.25) is 4.79 Å². The van der Waals surface area contributed by atoms with Gasteiger partial charge in [0.25, 0.3) is 0 Å². The number of rotatable bonds is 5. The van der Waals surface area contributed by atoms with Gasteiger partial charge in [-0.15, -0.1) is 11.3 Å². The van der Waals surface area contributed by atoms with Crippen LogP contribution in [-0.2, 0) is 11.3 Å². The Morgan fingerprint density at radius 3 is 2.63 bits per heavy atom. The summed E-state index contributed by atoms with van der Waals surface area (Å²) in [6.45, 7) is 0.395. The zero-order chi connectivity index (χ0) is 13.9. The molecule has 3 N–H and O–H groups in total. The van der Waals surface area contributed by atoms with Crippen LogP contribution in [0.25, 0.3) is 0 Å². The molecule has 2 rings (SSSR count). The van der Waals surface area contributed by atoms with Crippen LogP contribution >= 0.6 is 22.9 Å². The molecular formula is C12H15ClN2O3S. The van der Waals surface area contributed by atoms with Crippen molar-refractivity contribution in [2.75, 3.05) is 0 Å². The molecule has 1 aromatic heterocycles. The quantitative estimate of drug-likeness (QED) is 0.782. The summed E-state index contributed by atoms with van der Waals surface area (Å²) < 4.78 is 0.679. The van der Waals surface area contributed by atoms with Crippen LogP contribution in [0.3, 0.4) is 0 Å². The molecule has 1 aliphatic rings. The van der Waals surface area contributed by atoms with Crippen molar-refractivity contribution in [3.63, 3.8) is 0 Å². The number of carboxylic acid groups (broad SMARTS) is 1. The molecule has 0 bridgehead atoms. The van der Waals surface area contributed by atoms with Crippen LogP contribution in [0.15, 0.2) is 12.1 Å². The summed E-state index contributed by atoms with van der Waals surface area (Å²) in [5.41, 5.74) is -0.566. The fraction of sp³-hybridized carbons (Fsp3) is 0.500. The summed E-state index contributed by atoms with van der Waals surface area (Å²) in [4.78, 5) is 23.5. The predicted molar refractivity (Wildman–Crippen MR) is 73.5 cm³/mol.